The van der Waals surface area contributed by atoms with Crippen LogP contribution in [-0.4, -0.2) is 35.3 Å². The van der Waals surface area contributed by atoms with Gasteiger partial charge in [0.15, 0.2) is 0 Å². The van der Waals surface area contributed by atoms with E-state index in [9.17, 15) is 9.59 Å². The zero-order valence-corrected chi connectivity index (χ0v) is 15.6. The third kappa shape index (κ3) is 3.80. The fraction of sp³-hybridized carbons (Fsp3) is 0.600. The number of carbonyl (C=O) groups is 2. The van der Waals surface area contributed by atoms with Gasteiger partial charge in [-0.25, -0.2) is 0 Å². The van der Waals surface area contributed by atoms with Gasteiger partial charge in [0.25, 0.3) is 0 Å². The highest BCUT2D eigenvalue weighted by Crippen LogP contribution is 2.31. The Bertz CT molecular complexity index is 601. The van der Waals surface area contributed by atoms with E-state index in [0.717, 1.165) is 18.4 Å². The van der Waals surface area contributed by atoms with Crippen LogP contribution >= 0.6 is 0 Å². The smallest absolute Gasteiger partial charge is 0.245 e. The van der Waals surface area contributed by atoms with Crippen molar-refractivity contribution in [1.29, 1.82) is 0 Å². The molecule has 1 fully saturated rings. The quantitative estimate of drug-likeness (QED) is 0.902. The van der Waals surface area contributed by atoms with Gasteiger partial charge < -0.3 is 10.2 Å². The van der Waals surface area contributed by atoms with Crippen LogP contribution in [0.1, 0.15) is 58.6 Å². The van der Waals surface area contributed by atoms with Gasteiger partial charge in [0, 0.05) is 13.1 Å². The van der Waals surface area contributed by atoms with Crippen LogP contribution in [0, 0.1) is 0 Å². The van der Waals surface area contributed by atoms with Crippen LogP contribution in [0.25, 0.3) is 0 Å². The lowest BCUT2D eigenvalue weighted by molar-refractivity contribution is -0.157. The maximum Gasteiger partial charge on any atom is 0.245 e. The highest BCUT2D eigenvalue weighted by Gasteiger charge is 2.48. The summed E-state index contributed by atoms with van der Waals surface area (Å²) in [6.45, 7) is 11.7. The molecule has 4 nitrogen and oxygen atoms in total. The first-order valence-electron chi connectivity index (χ1n) is 8.86. The molecule has 1 unspecified atom stereocenters. The average molecular weight is 330 g/mol. The molecule has 1 aliphatic rings. The summed E-state index contributed by atoms with van der Waals surface area (Å²) >= 11 is 0. The minimum atomic E-state index is -0.683. The van der Waals surface area contributed by atoms with Crippen LogP contribution in [0.3, 0.4) is 0 Å². The van der Waals surface area contributed by atoms with Crippen LogP contribution in [0.15, 0.2) is 24.3 Å². The largest absolute Gasteiger partial charge is 0.354 e. The van der Waals surface area contributed by atoms with Crippen LogP contribution in [-0.2, 0) is 21.4 Å². The number of amides is 2. The van der Waals surface area contributed by atoms with E-state index in [1.807, 2.05) is 26.0 Å². The maximum atomic E-state index is 12.6. The average Bonchev–Trinajstić information content (AvgIpc) is 2.50. The number of likely N-dealkylation sites (tertiary alicyclic amines) is 1. The summed E-state index contributed by atoms with van der Waals surface area (Å²) < 4.78 is 0. The number of nitrogens with one attached hydrogen (secondary N) is 1. The van der Waals surface area contributed by atoms with Crippen molar-refractivity contribution in [2.45, 2.75) is 64.8 Å². The second-order valence-corrected chi connectivity index (χ2v) is 7.95. The van der Waals surface area contributed by atoms with Crippen LogP contribution in [0.4, 0.5) is 0 Å². The summed E-state index contributed by atoms with van der Waals surface area (Å²) in [6, 6.07) is 8.22. The highest BCUT2D eigenvalue weighted by atomic mass is 16.2. The first kappa shape index (κ1) is 18.5. The first-order valence-corrected chi connectivity index (χ1v) is 8.86. The highest BCUT2D eigenvalue weighted by molar-refractivity contribution is 5.93. The molecule has 0 spiro atoms. The molecule has 1 heterocycles. The summed E-state index contributed by atoms with van der Waals surface area (Å²) in [7, 11) is 0. The number of nitrogens with zero attached hydrogens (tertiary/aromatic N) is 1. The number of hydrogen-bond donors (Lipinski definition) is 1. The van der Waals surface area contributed by atoms with Crippen molar-refractivity contribution in [3.8, 4) is 0 Å². The Balaban J connectivity index is 2.01. The molecule has 0 saturated carbocycles. The summed E-state index contributed by atoms with van der Waals surface area (Å²) in [6.07, 6.45) is 1.98. The normalized spacial score (nSPS) is 20.5. The van der Waals surface area contributed by atoms with Crippen molar-refractivity contribution >= 4 is 11.8 Å². The van der Waals surface area contributed by atoms with Crippen LogP contribution < -0.4 is 5.32 Å². The van der Waals surface area contributed by atoms with E-state index in [1.54, 1.807) is 4.90 Å². The SMILES string of the molecule is CCCNC(=O)C1(C)CCN1C(=O)Cc1ccc(C(C)(C)C)cc1. The van der Waals surface area contributed by atoms with Gasteiger partial charge in [-0.3, -0.25) is 9.59 Å². The van der Waals surface area contributed by atoms with Gasteiger partial charge in [0.1, 0.15) is 5.54 Å². The summed E-state index contributed by atoms with van der Waals surface area (Å²) in [4.78, 5) is 26.7. The molecule has 0 radical (unpaired) electrons. The fourth-order valence-electron chi connectivity index (χ4n) is 3.02. The van der Waals surface area contributed by atoms with E-state index in [4.69, 9.17) is 0 Å². The molecule has 2 amide bonds. The van der Waals surface area contributed by atoms with Crippen molar-refractivity contribution in [1.82, 2.24) is 10.2 Å². The minimum absolute atomic E-state index is 0.0268. The number of carbonyl (C=O) groups excluding carboxylic acids is 2. The molecular formula is C20H30N2O2. The molecule has 1 aromatic carbocycles. The molecule has 4 heteroatoms. The second kappa shape index (κ2) is 6.96. The standard InChI is InChI=1S/C20H30N2O2/c1-6-12-21-18(24)20(5)11-13-22(20)17(23)14-15-7-9-16(10-8-15)19(2,3)4/h7-10H,6,11-14H2,1-5H3,(H,21,24). The van der Waals surface area contributed by atoms with E-state index in [1.165, 1.54) is 5.56 Å². The Kier molecular flexibility index (Phi) is 5.36. The minimum Gasteiger partial charge on any atom is -0.354 e. The predicted molar refractivity (Wildman–Crippen MR) is 96.9 cm³/mol. The van der Waals surface area contributed by atoms with E-state index in [-0.39, 0.29) is 17.2 Å². The van der Waals surface area contributed by atoms with E-state index in [2.05, 4.69) is 38.2 Å². The zero-order chi connectivity index (χ0) is 18.0. The topological polar surface area (TPSA) is 49.4 Å². The molecule has 1 aliphatic heterocycles. The van der Waals surface area contributed by atoms with Crippen LogP contribution in [0.2, 0.25) is 0 Å². The monoisotopic (exact) mass is 330 g/mol. The molecule has 1 atom stereocenters. The molecule has 0 bridgehead atoms. The summed E-state index contributed by atoms with van der Waals surface area (Å²) in [5, 5.41) is 2.91. The van der Waals surface area contributed by atoms with Crippen molar-refractivity contribution in [2.75, 3.05) is 13.1 Å². The lowest BCUT2D eigenvalue weighted by atomic mass is 9.84. The summed E-state index contributed by atoms with van der Waals surface area (Å²) in [5.74, 6) is -0.00839. The first-order chi connectivity index (χ1) is 11.2. The zero-order valence-electron chi connectivity index (χ0n) is 15.6. The van der Waals surface area contributed by atoms with Crippen molar-refractivity contribution in [3.63, 3.8) is 0 Å². The third-order valence-electron chi connectivity index (χ3n) is 4.92. The number of benzene rings is 1. The van der Waals surface area contributed by atoms with Gasteiger partial charge in [-0.05, 0) is 36.3 Å². The fourth-order valence-corrected chi connectivity index (χ4v) is 3.02. The third-order valence-corrected chi connectivity index (χ3v) is 4.92. The molecule has 24 heavy (non-hydrogen) atoms. The lowest BCUT2D eigenvalue weighted by Crippen LogP contribution is -2.67. The number of hydrogen-bond acceptors (Lipinski definition) is 2. The van der Waals surface area contributed by atoms with Gasteiger partial charge in [0.2, 0.25) is 11.8 Å². The molecular weight excluding hydrogens is 300 g/mol. The van der Waals surface area contributed by atoms with Gasteiger partial charge >= 0.3 is 0 Å². The lowest BCUT2D eigenvalue weighted by Gasteiger charge is -2.49. The van der Waals surface area contributed by atoms with E-state index in [0.29, 0.717) is 19.5 Å². The van der Waals surface area contributed by atoms with Crippen molar-refractivity contribution in [2.24, 2.45) is 0 Å². The molecule has 1 aromatic rings. The van der Waals surface area contributed by atoms with E-state index < -0.39 is 5.54 Å². The molecule has 0 aliphatic carbocycles. The Morgan fingerprint density at radius 1 is 1.21 bits per heavy atom. The second-order valence-electron chi connectivity index (χ2n) is 7.95. The van der Waals surface area contributed by atoms with Crippen molar-refractivity contribution in [3.05, 3.63) is 35.4 Å². The molecule has 1 N–H and O–H groups in total. The van der Waals surface area contributed by atoms with Crippen LogP contribution in [0.5, 0.6) is 0 Å². The van der Waals surface area contributed by atoms with Gasteiger partial charge in [0.05, 0.1) is 6.42 Å². The van der Waals surface area contributed by atoms with E-state index >= 15 is 0 Å². The molecule has 1 saturated heterocycles. The Hall–Kier alpha value is -1.84. The Labute approximate surface area is 145 Å². The Morgan fingerprint density at radius 3 is 2.29 bits per heavy atom. The molecule has 2 rings (SSSR count). The maximum absolute atomic E-state index is 12.6. The van der Waals surface area contributed by atoms with Crippen molar-refractivity contribution < 1.29 is 9.59 Å². The Morgan fingerprint density at radius 2 is 1.83 bits per heavy atom. The van der Waals surface area contributed by atoms with Gasteiger partial charge in [-0.1, -0.05) is 52.0 Å². The predicted octanol–water partition coefficient (Wildman–Crippen LogP) is 3.04. The van der Waals surface area contributed by atoms with Gasteiger partial charge in [-0.2, -0.15) is 0 Å². The number of rotatable bonds is 5. The molecule has 0 aromatic heterocycles. The molecule has 132 valence electrons. The van der Waals surface area contributed by atoms with Gasteiger partial charge in [-0.15, -0.1) is 0 Å². The summed E-state index contributed by atoms with van der Waals surface area (Å²) in [5.41, 5.74) is 1.68.